The van der Waals surface area contributed by atoms with Crippen LogP contribution in [0, 0.1) is 19.3 Å². The molecule has 1 heterocycles. The van der Waals surface area contributed by atoms with E-state index in [1.54, 1.807) is 42.5 Å². The van der Waals surface area contributed by atoms with Crippen LogP contribution in [0.2, 0.25) is 5.02 Å². The highest BCUT2D eigenvalue weighted by Crippen LogP contribution is 2.34. The highest BCUT2D eigenvalue weighted by Gasteiger charge is 2.36. The SMILES string of the molecule is C#CCOc1ccc(/C=C2\SC(=O)N(CC(=O)Nc3ccc(C)c(Cl)c3)C2=O)cc1OC. The van der Waals surface area contributed by atoms with Gasteiger partial charge in [-0.15, -0.1) is 6.42 Å². The summed E-state index contributed by atoms with van der Waals surface area (Å²) >= 11 is 6.82. The minimum atomic E-state index is -0.552. The van der Waals surface area contributed by atoms with Crippen LogP contribution in [0.15, 0.2) is 41.3 Å². The van der Waals surface area contributed by atoms with Gasteiger partial charge in [0.25, 0.3) is 11.1 Å². The standard InChI is InChI=1S/C23H19ClN2O5S/c1-4-9-31-18-8-6-15(10-19(18)30-3)11-20-22(28)26(23(29)32-20)13-21(27)25-16-7-5-14(2)17(24)12-16/h1,5-8,10-12H,9,13H2,2-3H3,(H,25,27)/b20-11-. The van der Waals surface area contributed by atoms with Crippen LogP contribution in [0.1, 0.15) is 11.1 Å². The summed E-state index contributed by atoms with van der Waals surface area (Å²) in [5, 5.41) is 2.61. The number of benzene rings is 2. The highest BCUT2D eigenvalue weighted by molar-refractivity contribution is 8.18. The molecule has 0 atom stereocenters. The monoisotopic (exact) mass is 470 g/mol. The van der Waals surface area contributed by atoms with Gasteiger partial charge in [-0.25, -0.2) is 0 Å². The highest BCUT2D eigenvalue weighted by atomic mass is 35.5. The largest absolute Gasteiger partial charge is 0.493 e. The van der Waals surface area contributed by atoms with Crippen LogP contribution in [0.4, 0.5) is 10.5 Å². The second-order valence-electron chi connectivity index (χ2n) is 6.68. The first kappa shape index (κ1) is 23.3. The summed E-state index contributed by atoms with van der Waals surface area (Å²) in [4.78, 5) is 38.5. The summed E-state index contributed by atoms with van der Waals surface area (Å²) in [6.07, 6.45) is 6.75. The Hall–Kier alpha value is -3.41. The van der Waals surface area contributed by atoms with Crippen molar-refractivity contribution in [3.05, 3.63) is 57.5 Å². The molecular weight excluding hydrogens is 452 g/mol. The number of anilines is 1. The Bertz CT molecular complexity index is 1160. The van der Waals surface area contributed by atoms with Gasteiger partial charge in [0.2, 0.25) is 5.91 Å². The lowest BCUT2D eigenvalue weighted by atomic mass is 10.2. The van der Waals surface area contributed by atoms with Gasteiger partial charge < -0.3 is 14.8 Å². The normalized spacial score (nSPS) is 14.4. The molecule has 1 saturated heterocycles. The number of nitrogens with one attached hydrogen (secondary N) is 1. The van der Waals surface area contributed by atoms with Gasteiger partial charge in [-0.2, -0.15) is 0 Å². The van der Waals surface area contributed by atoms with Crippen molar-refractivity contribution in [1.29, 1.82) is 0 Å². The van der Waals surface area contributed by atoms with Crippen LogP contribution in [0.25, 0.3) is 6.08 Å². The molecule has 164 valence electrons. The number of terminal acetylenes is 1. The number of rotatable bonds is 7. The third-order valence-electron chi connectivity index (χ3n) is 4.43. The van der Waals surface area contributed by atoms with Crippen molar-refractivity contribution in [3.8, 4) is 23.8 Å². The molecule has 0 radical (unpaired) electrons. The Kier molecular flexibility index (Phi) is 7.46. The number of carbonyl (C=O) groups is 3. The van der Waals surface area contributed by atoms with E-state index in [4.69, 9.17) is 27.5 Å². The number of methoxy groups -OCH3 is 1. The van der Waals surface area contributed by atoms with E-state index in [2.05, 4.69) is 11.2 Å². The van der Waals surface area contributed by atoms with Crippen LogP contribution in [-0.4, -0.2) is 42.2 Å². The molecule has 1 fully saturated rings. The molecule has 0 spiro atoms. The van der Waals surface area contributed by atoms with E-state index < -0.39 is 23.6 Å². The number of thioether (sulfide) groups is 1. The maximum absolute atomic E-state index is 12.7. The lowest BCUT2D eigenvalue weighted by Crippen LogP contribution is -2.36. The molecule has 1 aliphatic heterocycles. The summed E-state index contributed by atoms with van der Waals surface area (Å²) in [6, 6.07) is 10.1. The lowest BCUT2D eigenvalue weighted by Gasteiger charge is -2.13. The second-order valence-corrected chi connectivity index (χ2v) is 8.08. The predicted molar refractivity (Wildman–Crippen MR) is 125 cm³/mol. The first-order valence-corrected chi connectivity index (χ1v) is 10.6. The van der Waals surface area contributed by atoms with Crippen molar-refractivity contribution >= 4 is 52.2 Å². The van der Waals surface area contributed by atoms with E-state index >= 15 is 0 Å². The third-order valence-corrected chi connectivity index (χ3v) is 5.74. The predicted octanol–water partition coefficient (Wildman–Crippen LogP) is 4.34. The molecule has 32 heavy (non-hydrogen) atoms. The fraction of sp³-hybridized carbons (Fsp3) is 0.174. The zero-order valence-electron chi connectivity index (χ0n) is 17.3. The molecule has 2 aromatic carbocycles. The molecule has 7 nitrogen and oxygen atoms in total. The zero-order chi connectivity index (χ0) is 23.3. The average molecular weight is 471 g/mol. The number of hydrogen-bond donors (Lipinski definition) is 1. The summed E-state index contributed by atoms with van der Waals surface area (Å²) in [5.74, 6) is 2.21. The van der Waals surface area contributed by atoms with Crippen LogP contribution in [-0.2, 0) is 9.59 Å². The van der Waals surface area contributed by atoms with Crippen LogP contribution >= 0.6 is 23.4 Å². The summed E-state index contributed by atoms with van der Waals surface area (Å²) in [6.45, 7) is 1.52. The van der Waals surface area contributed by atoms with Gasteiger partial charge in [-0.3, -0.25) is 19.3 Å². The number of ether oxygens (including phenoxy) is 2. The first-order valence-electron chi connectivity index (χ1n) is 9.38. The number of nitrogens with zero attached hydrogens (tertiary/aromatic N) is 1. The van der Waals surface area contributed by atoms with Crippen molar-refractivity contribution in [2.75, 3.05) is 25.6 Å². The van der Waals surface area contributed by atoms with Gasteiger partial charge in [-0.05, 0) is 60.2 Å². The van der Waals surface area contributed by atoms with Crippen molar-refractivity contribution in [2.24, 2.45) is 0 Å². The molecule has 0 aliphatic carbocycles. The third kappa shape index (κ3) is 5.44. The van der Waals surface area contributed by atoms with Gasteiger partial charge >= 0.3 is 0 Å². The number of halogens is 1. The Balaban J connectivity index is 1.71. The molecule has 0 saturated carbocycles. The Labute approximate surface area is 194 Å². The quantitative estimate of drug-likeness (QED) is 0.478. The van der Waals surface area contributed by atoms with Crippen LogP contribution in [0.5, 0.6) is 11.5 Å². The molecule has 2 aromatic rings. The molecule has 3 amide bonds. The fourth-order valence-electron chi connectivity index (χ4n) is 2.82. The van der Waals surface area contributed by atoms with Crippen molar-refractivity contribution in [2.45, 2.75) is 6.92 Å². The number of amides is 3. The number of aryl methyl sites for hydroxylation is 1. The van der Waals surface area contributed by atoms with Gasteiger partial charge in [0.15, 0.2) is 11.5 Å². The molecule has 1 N–H and O–H groups in total. The van der Waals surface area contributed by atoms with Crippen molar-refractivity contribution in [1.82, 2.24) is 4.90 Å². The van der Waals surface area contributed by atoms with E-state index in [1.165, 1.54) is 7.11 Å². The Morgan fingerprint density at radius 1 is 1.25 bits per heavy atom. The minimum absolute atomic E-state index is 0.0887. The molecule has 1 aliphatic rings. The van der Waals surface area contributed by atoms with E-state index in [9.17, 15) is 14.4 Å². The summed E-state index contributed by atoms with van der Waals surface area (Å²) in [5.41, 5.74) is 1.97. The fourth-order valence-corrected chi connectivity index (χ4v) is 3.83. The Morgan fingerprint density at radius 3 is 2.72 bits per heavy atom. The summed E-state index contributed by atoms with van der Waals surface area (Å²) in [7, 11) is 1.48. The van der Waals surface area contributed by atoms with Gasteiger partial charge in [0.05, 0.1) is 12.0 Å². The molecule has 3 rings (SSSR count). The maximum atomic E-state index is 12.7. The molecule has 9 heteroatoms. The van der Waals surface area contributed by atoms with Gasteiger partial charge in [-0.1, -0.05) is 29.7 Å². The van der Waals surface area contributed by atoms with E-state index in [0.29, 0.717) is 27.8 Å². The van der Waals surface area contributed by atoms with Crippen LogP contribution < -0.4 is 14.8 Å². The molecule has 0 bridgehead atoms. The Morgan fingerprint density at radius 2 is 2.03 bits per heavy atom. The number of imide groups is 1. The van der Waals surface area contributed by atoms with E-state index in [-0.39, 0.29) is 11.5 Å². The summed E-state index contributed by atoms with van der Waals surface area (Å²) < 4.78 is 10.7. The minimum Gasteiger partial charge on any atom is -0.493 e. The first-order chi connectivity index (χ1) is 15.3. The molecule has 0 unspecified atom stereocenters. The second kappa shape index (κ2) is 10.3. The van der Waals surface area contributed by atoms with Crippen molar-refractivity contribution < 1.29 is 23.9 Å². The van der Waals surface area contributed by atoms with Crippen LogP contribution in [0.3, 0.4) is 0 Å². The number of hydrogen-bond acceptors (Lipinski definition) is 6. The van der Waals surface area contributed by atoms with E-state index in [0.717, 1.165) is 22.2 Å². The topological polar surface area (TPSA) is 84.9 Å². The van der Waals surface area contributed by atoms with Gasteiger partial charge in [0.1, 0.15) is 13.2 Å². The smallest absolute Gasteiger partial charge is 0.294 e. The maximum Gasteiger partial charge on any atom is 0.294 e. The van der Waals surface area contributed by atoms with Crippen molar-refractivity contribution in [3.63, 3.8) is 0 Å². The lowest BCUT2D eigenvalue weighted by molar-refractivity contribution is -0.127. The molecular formula is C23H19ClN2O5S. The molecule has 0 aromatic heterocycles. The number of carbonyl (C=O) groups excluding carboxylic acids is 3. The van der Waals surface area contributed by atoms with E-state index in [1.807, 2.05) is 6.92 Å². The zero-order valence-corrected chi connectivity index (χ0v) is 18.9. The average Bonchev–Trinajstić information content (AvgIpc) is 3.02. The van der Waals surface area contributed by atoms with Gasteiger partial charge in [0, 0.05) is 10.7 Å².